The first-order valence-electron chi connectivity index (χ1n) is 14.1. The summed E-state index contributed by atoms with van der Waals surface area (Å²) in [6.07, 6.45) is 8.62. The highest BCUT2D eigenvalue weighted by atomic mass is 28.4. The fourth-order valence-corrected chi connectivity index (χ4v) is 11.4. The summed E-state index contributed by atoms with van der Waals surface area (Å²) in [4.78, 5) is 0. The number of aliphatic hydroxyl groups excluding tert-OH is 2. The van der Waals surface area contributed by atoms with Gasteiger partial charge in [0.25, 0.3) is 8.32 Å². The zero-order chi connectivity index (χ0) is 27.3. The standard InChI is InChI=1S/C33H46O4Si/c1-6-30(35)32-24(18-20-31(36-5)29-19-17-25(29)22-34)21-26(32)23-37-38(33(2,3)4,27-13-9-7-10-14-27)28-15-11-8-12-16-28/h6-16,18,20,24-26,29-32,34-35H,1,17,19,21-23H2,2-5H3/b20-18+/t24?,25-,26-,29+,30-,31-,32+/m0/s1. The van der Waals surface area contributed by atoms with E-state index in [4.69, 9.17) is 9.16 Å². The van der Waals surface area contributed by atoms with Crippen LogP contribution in [0.5, 0.6) is 0 Å². The summed E-state index contributed by atoms with van der Waals surface area (Å²) in [6, 6.07) is 21.5. The number of methoxy groups -OCH3 is 1. The van der Waals surface area contributed by atoms with E-state index in [1.165, 1.54) is 10.4 Å². The molecule has 2 aromatic rings. The van der Waals surface area contributed by atoms with Crippen molar-refractivity contribution >= 4 is 18.7 Å². The average Bonchev–Trinajstić information content (AvgIpc) is 2.88. The molecular weight excluding hydrogens is 488 g/mol. The van der Waals surface area contributed by atoms with E-state index in [9.17, 15) is 10.2 Å². The molecule has 0 heterocycles. The molecule has 38 heavy (non-hydrogen) atoms. The molecule has 4 nitrogen and oxygen atoms in total. The zero-order valence-corrected chi connectivity index (χ0v) is 24.5. The van der Waals surface area contributed by atoms with Gasteiger partial charge in [-0.15, -0.1) is 6.58 Å². The Bertz CT molecular complexity index is 1010. The molecule has 1 unspecified atom stereocenters. The molecule has 0 radical (unpaired) electrons. The van der Waals surface area contributed by atoms with Crippen molar-refractivity contribution in [1.29, 1.82) is 0 Å². The maximum atomic E-state index is 11.0. The van der Waals surface area contributed by atoms with Gasteiger partial charge in [-0.2, -0.15) is 0 Å². The van der Waals surface area contributed by atoms with Crippen molar-refractivity contribution in [2.24, 2.45) is 29.6 Å². The second kappa shape index (κ2) is 12.4. The lowest BCUT2D eigenvalue weighted by Gasteiger charge is -2.49. The highest BCUT2D eigenvalue weighted by Gasteiger charge is 2.52. The third-order valence-corrected chi connectivity index (χ3v) is 14.1. The maximum absolute atomic E-state index is 11.0. The van der Waals surface area contributed by atoms with Crippen LogP contribution >= 0.6 is 0 Å². The van der Waals surface area contributed by atoms with Gasteiger partial charge in [0, 0.05) is 20.3 Å². The summed E-state index contributed by atoms with van der Waals surface area (Å²) in [5.74, 6) is 1.26. The van der Waals surface area contributed by atoms with Crippen molar-refractivity contribution in [3.05, 3.63) is 85.5 Å². The van der Waals surface area contributed by atoms with Crippen LogP contribution in [0.3, 0.4) is 0 Å². The average molecular weight is 535 g/mol. The number of hydrogen-bond donors (Lipinski definition) is 2. The lowest BCUT2D eigenvalue weighted by Crippen LogP contribution is -2.67. The maximum Gasteiger partial charge on any atom is 0.261 e. The number of allylic oxidation sites excluding steroid dienone is 1. The molecule has 7 atom stereocenters. The van der Waals surface area contributed by atoms with Gasteiger partial charge in [-0.05, 0) is 64.3 Å². The molecule has 2 aromatic carbocycles. The summed E-state index contributed by atoms with van der Waals surface area (Å²) < 4.78 is 13.0. The van der Waals surface area contributed by atoms with Crippen LogP contribution < -0.4 is 10.4 Å². The molecule has 0 spiro atoms. The van der Waals surface area contributed by atoms with Crippen LogP contribution in [0, 0.1) is 29.6 Å². The van der Waals surface area contributed by atoms with Crippen LogP contribution in [-0.2, 0) is 9.16 Å². The van der Waals surface area contributed by atoms with Crippen molar-refractivity contribution in [1.82, 2.24) is 0 Å². The van der Waals surface area contributed by atoms with E-state index in [0.717, 1.165) is 19.3 Å². The van der Waals surface area contributed by atoms with Crippen LogP contribution in [0.2, 0.25) is 5.04 Å². The van der Waals surface area contributed by atoms with Gasteiger partial charge in [-0.25, -0.2) is 0 Å². The molecule has 2 fully saturated rings. The number of benzene rings is 2. The van der Waals surface area contributed by atoms with Gasteiger partial charge >= 0.3 is 0 Å². The molecular formula is C33H46O4Si. The molecule has 2 N–H and O–H groups in total. The Labute approximate surface area is 230 Å². The summed E-state index contributed by atoms with van der Waals surface area (Å²) in [5, 5.41) is 23.0. The third kappa shape index (κ3) is 5.63. The highest BCUT2D eigenvalue weighted by Crippen LogP contribution is 2.46. The topological polar surface area (TPSA) is 58.9 Å². The first-order valence-corrected chi connectivity index (χ1v) is 16.0. The van der Waals surface area contributed by atoms with Gasteiger partial charge in [-0.1, -0.05) is 99.7 Å². The van der Waals surface area contributed by atoms with Gasteiger partial charge in [0.05, 0.1) is 12.2 Å². The minimum absolute atomic E-state index is 0.00910. The van der Waals surface area contributed by atoms with Crippen molar-refractivity contribution in [2.75, 3.05) is 20.3 Å². The predicted molar refractivity (Wildman–Crippen MR) is 158 cm³/mol. The molecule has 0 aliphatic heterocycles. The van der Waals surface area contributed by atoms with E-state index in [1.807, 2.05) is 0 Å². The minimum atomic E-state index is -2.63. The van der Waals surface area contributed by atoms with Gasteiger partial charge in [-0.3, -0.25) is 0 Å². The highest BCUT2D eigenvalue weighted by molar-refractivity contribution is 6.99. The largest absolute Gasteiger partial charge is 0.407 e. The van der Waals surface area contributed by atoms with E-state index in [2.05, 4.69) is 100 Å². The Kier molecular flexibility index (Phi) is 9.48. The second-order valence-electron chi connectivity index (χ2n) is 12.2. The third-order valence-electron chi connectivity index (χ3n) is 9.13. The van der Waals surface area contributed by atoms with Gasteiger partial charge in [0.2, 0.25) is 0 Å². The monoisotopic (exact) mass is 534 g/mol. The van der Waals surface area contributed by atoms with Crippen LogP contribution in [0.4, 0.5) is 0 Å². The zero-order valence-electron chi connectivity index (χ0n) is 23.5. The molecule has 2 aliphatic carbocycles. The Morgan fingerprint density at radius 2 is 1.61 bits per heavy atom. The van der Waals surface area contributed by atoms with Crippen molar-refractivity contribution in [2.45, 2.75) is 57.3 Å². The number of hydrogen-bond acceptors (Lipinski definition) is 4. The van der Waals surface area contributed by atoms with Crippen LogP contribution in [0.1, 0.15) is 40.0 Å². The van der Waals surface area contributed by atoms with Crippen molar-refractivity contribution < 1.29 is 19.4 Å². The van der Waals surface area contributed by atoms with E-state index in [-0.39, 0.29) is 35.5 Å². The lowest BCUT2D eigenvalue weighted by atomic mass is 9.62. The molecule has 0 bridgehead atoms. The van der Waals surface area contributed by atoms with Crippen molar-refractivity contribution in [3.8, 4) is 0 Å². The summed E-state index contributed by atoms with van der Waals surface area (Å²) in [7, 11) is -0.877. The van der Waals surface area contributed by atoms with Crippen molar-refractivity contribution in [3.63, 3.8) is 0 Å². The Hall–Kier alpha value is -2.02. The summed E-state index contributed by atoms with van der Waals surface area (Å²) >= 11 is 0. The first kappa shape index (κ1) is 29.0. The SMILES string of the molecule is C=C[C@H](O)[C@@H]1C(/C=C/[C@H](OC)[C@@H]2CC[C@H]2CO)C[C@H]1CO[Si](c1ccccc1)(c1ccccc1)C(C)(C)C. The first-order chi connectivity index (χ1) is 18.3. The quantitative estimate of drug-likeness (QED) is 0.299. The fraction of sp³-hybridized carbons (Fsp3) is 0.515. The number of ether oxygens (including phenoxy) is 1. The normalized spacial score (nSPS) is 27.4. The second-order valence-corrected chi connectivity index (χ2v) is 16.5. The Morgan fingerprint density at radius 3 is 2.05 bits per heavy atom. The van der Waals surface area contributed by atoms with E-state index >= 15 is 0 Å². The van der Waals surface area contributed by atoms with Gasteiger partial charge in [0.1, 0.15) is 0 Å². The van der Waals surface area contributed by atoms with Gasteiger partial charge in [0.15, 0.2) is 0 Å². The van der Waals surface area contributed by atoms with Gasteiger partial charge < -0.3 is 19.4 Å². The molecule has 2 aliphatic rings. The molecule has 0 amide bonds. The minimum Gasteiger partial charge on any atom is -0.407 e. The Balaban J connectivity index is 1.56. The molecule has 0 saturated heterocycles. The van der Waals surface area contributed by atoms with E-state index in [0.29, 0.717) is 18.4 Å². The fourth-order valence-electron chi connectivity index (χ4n) is 6.79. The lowest BCUT2D eigenvalue weighted by molar-refractivity contribution is -0.0244. The molecule has 0 aromatic heterocycles. The van der Waals surface area contributed by atoms with E-state index < -0.39 is 14.4 Å². The van der Waals surface area contributed by atoms with Crippen LogP contribution in [-0.4, -0.2) is 51.1 Å². The molecule has 2 saturated carbocycles. The van der Waals surface area contributed by atoms with Crippen LogP contribution in [0.25, 0.3) is 0 Å². The summed E-state index contributed by atoms with van der Waals surface area (Å²) in [5.41, 5.74) is 0. The predicted octanol–water partition coefficient (Wildman–Crippen LogP) is 4.95. The van der Waals surface area contributed by atoms with E-state index in [1.54, 1.807) is 13.2 Å². The number of rotatable bonds is 12. The number of aliphatic hydroxyl groups is 2. The summed E-state index contributed by atoms with van der Waals surface area (Å²) in [6.45, 7) is 11.6. The molecule has 4 rings (SSSR count). The van der Waals surface area contributed by atoms with Crippen LogP contribution in [0.15, 0.2) is 85.5 Å². The molecule has 206 valence electrons. The Morgan fingerprint density at radius 1 is 1.00 bits per heavy atom. The smallest absolute Gasteiger partial charge is 0.261 e. The molecule has 5 heteroatoms.